The normalized spacial score (nSPS) is 17.9. The van der Waals surface area contributed by atoms with E-state index in [0.717, 1.165) is 25.9 Å². The lowest BCUT2D eigenvalue weighted by molar-refractivity contribution is 0.241. The van der Waals surface area contributed by atoms with Gasteiger partial charge in [0.15, 0.2) is 0 Å². The van der Waals surface area contributed by atoms with Crippen molar-refractivity contribution in [2.24, 2.45) is 0 Å². The maximum Gasteiger partial charge on any atom is 0.320 e. The summed E-state index contributed by atoms with van der Waals surface area (Å²) in [5.41, 5.74) is 2.79. The zero-order valence-corrected chi connectivity index (χ0v) is 14.3. The van der Waals surface area contributed by atoms with Crippen LogP contribution in [0.2, 0.25) is 0 Å². The van der Waals surface area contributed by atoms with Crippen molar-refractivity contribution < 1.29 is 4.79 Å². The quantitative estimate of drug-likeness (QED) is 0.818. The van der Waals surface area contributed by atoms with Gasteiger partial charge >= 0.3 is 6.03 Å². The van der Waals surface area contributed by atoms with E-state index in [1.807, 2.05) is 54.1 Å². The van der Waals surface area contributed by atoms with Crippen LogP contribution < -0.4 is 10.6 Å². The zero-order chi connectivity index (χ0) is 15.5. The van der Waals surface area contributed by atoms with Gasteiger partial charge in [-0.1, -0.05) is 48.6 Å². The fourth-order valence-corrected chi connectivity index (χ4v) is 3.80. The standard InChI is InChI=1S/C16H14N2OS3/c1-21-15(20)12-13(10-6-3-2-4-7-10)17-16(19)18-14(12)11-8-5-9-22-11/h2-9,13H,1H3,(H2,17,18,19). The molecule has 2 aromatic rings. The number of hydrogen-bond acceptors (Lipinski definition) is 4. The van der Waals surface area contributed by atoms with E-state index in [2.05, 4.69) is 10.6 Å². The molecule has 6 heteroatoms. The van der Waals surface area contributed by atoms with Crippen LogP contribution in [-0.4, -0.2) is 16.5 Å². The molecule has 112 valence electrons. The first-order valence-electron chi connectivity index (χ1n) is 6.69. The summed E-state index contributed by atoms with van der Waals surface area (Å²) in [5, 5.41) is 7.90. The minimum atomic E-state index is -0.230. The molecule has 0 fully saturated rings. The van der Waals surface area contributed by atoms with Crippen LogP contribution in [0.15, 0.2) is 53.4 Å². The van der Waals surface area contributed by atoms with Crippen LogP contribution in [0.4, 0.5) is 4.79 Å². The maximum absolute atomic E-state index is 12.1. The number of amides is 2. The molecule has 1 unspecified atom stereocenters. The lowest BCUT2D eigenvalue weighted by Gasteiger charge is -2.30. The lowest BCUT2D eigenvalue weighted by atomic mass is 9.96. The van der Waals surface area contributed by atoms with Crippen LogP contribution in [0.3, 0.4) is 0 Å². The molecule has 0 bridgehead atoms. The summed E-state index contributed by atoms with van der Waals surface area (Å²) in [4.78, 5) is 13.1. The number of thiophene rings is 1. The van der Waals surface area contributed by atoms with E-state index in [4.69, 9.17) is 12.2 Å². The van der Waals surface area contributed by atoms with E-state index < -0.39 is 0 Å². The molecule has 1 aromatic heterocycles. The van der Waals surface area contributed by atoms with Crippen molar-refractivity contribution in [2.75, 3.05) is 6.26 Å². The van der Waals surface area contributed by atoms with Crippen LogP contribution in [-0.2, 0) is 0 Å². The Morgan fingerprint density at radius 2 is 2.00 bits per heavy atom. The highest BCUT2D eigenvalue weighted by atomic mass is 32.2. The fourth-order valence-electron chi connectivity index (χ4n) is 2.41. The van der Waals surface area contributed by atoms with Gasteiger partial charge in [0.2, 0.25) is 0 Å². The molecular weight excluding hydrogens is 332 g/mol. The lowest BCUT2D eigenvalue weighted by Crippen LogP contribution is -2.44. The van der Waals surface area contributed by atoms with Crippen molar-refractivity contribution in [1.29, 1.82) is 0 Å². The molecule has 0 saturated carbocycles. The van der Waals surface area contributed by atoms with E-state index in [1.54, 1.807) is 11.3 Å². The van der Waals surface area contributed by atoms with Crippen molar-refractivity contribution in [3.05, 3.63) is 63.9 Å². The van der Waals surface area contributed by atoms with Gasteiger partial charge in [0.1, 0.15) is 0 Å². The molecule has 0 spiro atoms. The van der Waals surface area contributed by atoms with Crippen LogP contribution in [0.5, 0.6) is 0 Å². The van der Waals surface area contributed by atoms with Gasteiger partial charge in [0, 0.05) is 5.57 Å². The Morgan fingerprint density at radius 3 is 2.64 bits per heavy atom. The number of thioether (sulfide) groups is 1. The molecule has 0 saturated heterocycles. The molecule has 0 aliphatic carbocycles. The number of nitrogens with one attached hydrogen (secondary N) is 2. The Bertz CT molecular complexity index is 723. The van der Waals surface area contributed by atoms with Crippen LogP contribution in [0.1, 0.15) is 16.5 Å². The summed E-state index contributed by atoms with van der Waals surface area (Å²) in [6, 6.07) is 13.4. The third-order valence-electron chi connectivity index (χ3n) is 3.38. The number of urea groups is 1. The minimum absolute atomic E-state index is 0.204. The van der Waals surface area contributed by atoms with Crippen molar-refractivity contribution in [2.45, 2.75) is 6.04 Å². The van der Waals surface area contributed by atoms with Gasteiger partial charge < -0.3 is 10.6 Å². The first-order chi connectivity index (χ1) is 10.7. The molecule has 1 aliphatic heterocycles. The van der Waals surface area contributed by atoms with E-state index in [-0.39, 0.29) is 12.1 Å². The molecule has 2 heterocycles. The van der Waals surface area contributed by atoms with Gasteiger partial charge in [-0.15, -0.1) is 23.1 Å². The molecule has 1 atom stereocenters. The predicted octanol–water partition coefficient (Wildman–Crippen LogP) is 4.20. The number of thiocarbonyl (C=S) groups is 1. The van der Waals surface area contributed by atoms with Crippen molar-refractivity contribution in [3.8, 4) is 0 Å². The number of carbonyl (C=O) groups is 1. The topological polar surface area (TPSA) is 41.1 Å². The Balaban J connectivity index is 2.17. The van der Waals surface area contributed by atoms with Gasteiger partial charge in [-0.3, -0.25) is 0 Å². The number of rotatable bonds is 3. The third kappa shape index (κ3) is 2.95. The molecule has 2 amide bonds. The minimum Gasteiger partial charge on any atom is -0.327 e. The Hall–Kier alpha value is -1.63. The smallest absolute Gasteiger partial charge is 0.320 e. The van der Waals surface area contributed by atoms with E-state index in [0.29, 0.717) is 0 Å². The van der Waals surface area contributed by atoms with Gasteiger partial charge in [0.25, 0.3) is 0 Å². The molecule has 1 aromatic carbocycles. The van der Waals surface area contributed by atoms with Crippen molar-refractivity contribution >= 4 is 51.2 Å². The second kappa shape index (κ2) is 6.64. The first-order valence-corrected chi connectivity index (χ1v) is 9.21. The first kappa shape index (κ1) is 15.3. The van der Waals surface area contributed by atoms with E-state index in [1.165, 1.54) is 11.8 Å². The SMILES string of the molecule is CSC(=S)C1=C(c2cccs2)NC(=O)NC1c1ccccc1. The molecule has 3 nitrogen and oxygen atoms in total. The average Bonchev–Trinajstić information content (AvgIpc) is 3.08. The van der Waals surface area contributed by atoms with Crippen LogP contribution in [0, 0.1) is 0 Å². The van der Waals surface area contributed by atoms with Crippen molar-refractivity contribution in [3.63, 3.8) is 0 Å². The van der Waals surface area contributed by atoms with E-state index >= 15 is 0 Å². The summed E-state index contributed by atoms with van der Waals surface area (Å²) in [7, 11) is 0. The summed E-state index contributed by atoms with van der Waals surface area (Å²) in [6.07, 6.45) is 1.96. The summed E-state index contributed by atoms with van der Waals surface area (Å²) >= 11 is 8.67. The fraction of sp³-hybridized carbons (Fsp3) is 0.125. The van der Waals surface area contributed by atoms with Crippen molar-refractivity contribution in [1.82, 2.24) is 10.6 Å². The van der Waals surface area contributed by atoms with Gasteiger partial charge in [-0.05, 0) is 23.3 Å². The monoisotopic (exact) mass is 346 g/mol. The second-order valence-electron chi connectivity index (χ2n) is 4.70. The maximum atomic E-state index is 12.1. The molecule has 3 rings (SSSR count). The Morgan fingerprint density at radius 1 is 1.23 bits per heavy atom. The summed E-state index contributed by atoms with van der Waals surface area (Å²) in [5.74, 6) is 0. The molecule has 1 aliphatic rings. The highest BCUT2D eigenvalue weighted by Crippen LogP contribution is 2.35. The van der Waals surface area contributed by atoms with Gasteiger partial charge in [-0.2, -0.15) is 0 Å². The van der Waals surface area contributed by atoms with Crippen LogP contribution in [0.25, 0.3) is 5.70 Å². The molecule has 2 N–H and O–H groups in total. The number of benzene rings is 1. The van der Waals surface area contributed by atoms with Gasteiger partial charge in [0.05, 0.1) is 20.8 Å². The number of hydrogen-bond donors (Lipinski definition) is 2. The Labute approximate surface area is 142 Å². The average molecular weight is 347 g/mol. The second-order valence-corrected chi connectivity index (χ2v) is 7.13. The molecular formula is C16H14N2OS3. The molecule has 22 heavy (non-hydrogen) atoms. The third-order valence-corrected chi connectivity index (χ3v) is 5.58. The summed E-state index contributed by atoms with van der Waals surface area (Å²) < 4.78 is 0.782. The molecule has 0 radical (unpaired) electrons. The van der Waals surface area contributed by atoms with Gasteiger partial charge in [-0.25, -0.2) is 4.79 Å². The van der Waals surface area contributed by atoms with Crippen LogP contribution >= 0.6 is 35.3 Å². The largest absolute Gasteiger partial charge is 0.327 e. The zero-order valence-electron chi connectivity index (χ0n) is 11.8. The highest BCUT2D eigenvalue weighted by molar-refractivity contribution is 8.23. The summed E-state index contributed by atoms with van der Waals surface area (Å²) in [6.45, 7) is 0. The van der Waals surface area contributed by atoms with E-state index in [9.17, 15) is 4.79 Å². The Kier molecular flexibility index (Phi) is 4.61. The predicted molar refractivity (Wildman–Crippen MR) is 98.2 cm³/mol. The highest BCUT2D eigenvalue weighted by Gasteiger charge is 2.31. The number of carbonyl (C=O) groups excluding carboxylic acids is 1.